The molecule has 0 saturated carbocycles. The van der Waals surface area contributed by atoms with Crippen molar-refractivity contribution in [3.05, 3.63) is 29.8 Å². The largest absolute Gasteiger partial charge is 0.336 e. The quantitative estimate of drug-likeness (QED) is 0.680. The van der Waals surface area contributed by atoms with Gasteiger partial charge in [-0.05, 0) is 32.0 Å². The minimum absolute atomic E-state index is 0.129. The Morgan fingerprint density at radius 2 is 2.06 bits per heavy atom. The highest BCUT2D eigenvalue weighted by Crippen LogP contribution is 2.16. The molecule has 1 rings (SSSR count). The molecule has 4 nitrogen and oxygen atoms in total. The normalized spacial score (nSPS) is 11.7. The van der Waals surface area contributed by atoms with Crippen molar-refractivity contribution in [2.75, 3.05) is 0 Å². The van der Waals surface area contributed by atoms with Crippen LogP contribution < -0.4 is 5.32 Å². The van der Waals surface area contributed by atoms with Crippen LogP contribution in [0.4, 0.5) is 0 Å². The molecule has 96 valence electrons. The van der Waals surface area contributed by atoms with Gasteiger partial charge in [-0.1, -0.05) is 12.0 Å². The monoisotopic (exact) mass is 285 g/mol. The molecule has 0 bridgehead atoms. The number of benzene rings is 1. The first-order valence-corrected chi connectivity index (χ1v) is 7.32. The Hall–Kier alpha value is -1.51. The maximum Gasteiger partial charge on any atom is 0.261 e. The summed E-state index contributed by atoms with van der Waals surface area (Å²) in [7, 11) is 1.35. The van der Waals surface area contributed by atoms with E-state index in [0.29, 0.717) is 0 Å². The molecule has 0 fully saturated rings. The number of halogens is 1. The highest BCUT2D eigenvalue weighted by Gasteiger charge is 2.19. The third-order valence-corrected chi connectivity index (χ3v) is 3.52. The molecule has 0 unspecified atom stereocenters. The maximum atomic E-state index is 11.9. The molecule has 0 radical (unpaired) electrons. The molecule has 0 spiro atoms. The van der Waals surface area contributed by atoms with Gasteiger partial charge < -0.3 is 5.32 Å². The molecule has 6 heteroatoms. The Labute approximate surface area is 111 Å². The van der Waals surface area contributed by atoms with E-state index in [1.807, 2.05) is 0 Å². The molecule has 1 aromatic rings. The highest BCUT2D eigenvalue weighted by molar-refractivity contribution is 8.13. The molecule has 1 aromatic carbocycles. The van der Waals surface area contributed by atoms with E-state index in [4.69, 9.17) is 17.1 Å². The maximum absolute atomic E-state index is 11.9. The summed E-state index contributed by atoms with van der Waals surface area (Å²) in [5.74, 6) is 1.95. The number of amides is 1. The van der Waals surface area contributed by atoms with Crippen molar-refractivity contribution < 1.29 is 13.2 Å². The molecule has 0 aromatic heterocycles. The van der Waals surface area contributed by atoms with Gasteiger partial charge in [-0.2, -0.15) is 0 Å². The van der Waals surface area contributed by atoms with Gasteiger partial charge in [-0.3, -0.25) is 4.79 Å². The summed E-state index contributed by atoms with van der Waals surface area (Å²) in [5, 5.41) is 2.59. The molecule has 18 heavy (non-hydrogen) atoms. The average Bonchev–Trinajstić information content (AvgIpc) is 2.27. The Morgan fingerprint density at radius 3 is 2.56 bits per heavy atom. The van der Waals surface area contributed by atoms with Crippen molar-refractivity contribution in [3.8, 4) is 12.3 Å². The highest BCUT2D eigenvalue weighted by atomic mass is 35.7. The second kappa shape index (κ2) is 5.01. The van der Waals surface area contributed by atoms with Crippen LogP contribution in [0.2, 0.25) is 0 Å². The fourth-order valence-electron chi connectivity index (χ4n) is 1.18. The van der Waals surface area contributed by atoms with Gasteiger partial charge in [-0.25, -0.2) is 8.42 Å². The molecule has 0 atom stereocenters. The lowest BCUT2D eigenvalue weighted by Crippen LogP contribution is -2.42. The van der Waals surface area contributed by atoms with Crippen LogP contribution in [0.25, 0.3) is 0 Å². The number of hydrogen-bond acceptors (Lipinski definition) is 3. The van der Waals surface area contributed by atoms with Crippen LogP contribution in [-0.4, -0.2) is 19.9 Å². The van der Waals surface area contributed by atoms with Crippen molar-refractivity contribution in [3.63, 3.8) is 0 Å². The minimum atomic E-state index is -3.86. The molecule has 0 heterocycles. The van der Waals surface area contributed by atoms with Crippen LogP contribution in [0.3, 0.4) is 0 Å². The van der Waals surface area contributed by atoms with E-state index in [9.17, 15) is 13.2 Å². The van der Waals surface area contributed by atoms with Gasteiger partial charge in [0, 0.05) is 16.2 Å². The second-order valence-corrected chi connectivity index (χ2v) is 6.76. The van der Waals surface area contributed by atoms with Gasteiger partial charge in [0.25, 0.3) is 15.0 Å². The SMILES string of the molecule is C#CC(C)(C)NC(=O)c1cccc(S(=O)(=O)Cl)c1. The Balaban J connectivity index is 3.06. The number of nitrogens with one attached hydrogen (secondary N) is 1. The van der Waals surface area contributed by atoms with Crippen molar-refractivity contribution in [2.24, 2.45) is 0 Å². The van der Waals surface area contributed by atoms with Gasteiger partial charge in [0.1, 0.15) is 0 Å². The van der Waals surface area contributed by atoms with Crippen LogP contribution in [0.5, 0.6) is 0 Å². The van der Waals surface area contributed by atoms with E-state index >= 15 is 0 Å². The number of terminal acetylenes is 1. The predicted octanol–water partition coefficient (Wildman–Crippen LogP) is 1.76. The summed E-state index contributed by atoms with van der Waals surface area (Å²) in [6.45, 7) is 3.32. The van der Waals surface area contributed by atoms with Crippen molar-refractivity contribution >= 4 is 25.6 Å². The molecule has 1 amide bonds. The number of rotatable bonds is 3. The van der Waals surface area contributed by atoms with Gasteiger partial charge in [0.15, 0.2) is 0 Å². The molecule has 0 aliphatic carbocycles. The summed E-state index contributed by atoms with van der Waals surface area (Å²) >= 11 is 0. The predicted molar refractivity (Wildman–Crippen MR) is 69.9 cm³/mol. The summed E-state index contributed by atoms with van der Waals surface area (Å²) < 4.78 is 22.3. The molecule has 0 aliphatic heterocycles. The zero-order valence-corrected chi connectivity index (χ0v) is 11.5. The second-order valence-electron chi connectivity index (χ2n) is 4.19. The van der Waals surface area contributed by atoms with Crippen LogP contribution in [-0.2, 0) is 9.05 Å². The first kappa shape index (κ1) is 14.6. The van der Waals surface area contributed by atoms with Crippen LogP contribution in [0, 0.1) is 12.3 Å². The Morgan fingerprint density at radius 1 is 1.44 bits per heavy atom. The van der Waals surface area contributed by atoms with Crippen LogP contribution in [0.1, 0.15) is 24.2 Å². The lowest BCUT2D eigenvalue weighted by atomic mass is 10.1. The fraction of sp³-hybridized carbons (Fsp3) is 0.250. The zero-order chi connectivity index (χ0) is 14.0. The van der Waals surface area contributed by atoms with Crippen LogP contribution in [0.15, 0.2) is 29.2 Å². The van der Waals surface area contributed by atoms with E-state index in [0.717, 1.165) is 0 Å². The molecule has 1 N–H and O–H groups in total. The summed E-state index contributed by atoms with van der Waals surface area (Å²) in [6, 6.07) is 5.43. The Kier molecular flexibility index (Phi) is 4.05. The summed E-state index contributed by atoms with van der Waals surface area (Å²) in [4.78, 5) is 11.7. The molecule has 0 saturated heterocycles. The first-order valence-electron chi connectivity index (χ1n) is 5.01. The van der Waals surface area contributed by atoms with Crippen molar-refractivity contribution in [2.45, 2.75) is 24.3 Å². The van der Waals surface area contributed by atoms with Crippen LogP contribution >= 0.6 is 10.7 Å². The topological polar surface area (TPSA) is 63.2 Å². The van der Waals surface area contributed by atoms with E-state index in [2.05, 4.69) is 11.2 Å². The molecular weight excluding hydrogens is 274 g/mol. The number of carbonyl (C=O) groups excluding carboxylic acids is 1. The average molecular weight is 286 g/mol. The van der Waals surface area contributed by atoms with Crippen molar-refractivity contribution in [1.29, 1.82) is 0 Å². The van der Waals surface area contributed by atoms with E-state index in [1.54, 1.807) is 13.8 Å². The van der Waals surface area contributed by atoms with E-state index < -0.39 is 20.5 Å². The Bertz CT molecular complexity index is 614. The lowest BCUT2D eigenvalue weighted by Gasteiger charge is -2.19. The van der Waals surface area contributed by atoms with Crippen molar-refractivity contribution in [1.82, 2.24) is 5.32 Å². The number of carbonyl (C=O) groups is 1. The smallest absolute Gasteiger partial charge is 0.261 e. The third-order valence-electron chi connectivity index (χ3n) is 2.16. The van der Waals surface area contributed by atoms with Gasteiger partial charge >= 0.3 is 0 Å². The zero-order valence-electron chi connectivity index (χ0n) is 9.90. The number of hydrogen-bond donors (Lipinski definition) is 1. The van der Waals surface area contributed by atoms with Gasteiger partial charge in [-0.15, -0.1) is 6.42 Å². The standard InChI is InChI=1S/C12H12ClNO3S/c1-4-12(2,3)14-11(15)9-6-5-7-10(8-9)18(13,16)17/h1,5-8H,2-3H3,(H,14,15). The van der Waals surface area contributed by atoms with E-state index in [-0.39, 0.29) is 10.5 Å². The van der Waals surface area contributed by atoms with E-state index in [1.165, 1.54) is 24.3 Å². The summed E-state index contributed by atoms with van der Waals surface area (Å²) in [6.07, 6.45) is 5.25. The lowest BCUT2D eigenvalue weighted by molar-refractivity contribution is 0.0929. The van der Waals surface area contributed by atoms with Gasteiger partial charge in [0.2, 0.25) is 0 Å². The molecular formula is C12H12ClNO3S. The third kappa shape index (κ3) is 3.76. The fourth-order valence-corrected chi connectivity index (χ4v) is 1.98. The first-order chi connectivity index (χ1) is 8.15. The molecule has 0 aliphatic rings. The minimum Gasteiger partial charge on any atom is -0.336 e. The summed E-state index contributed by atoms with van der Waals surface area (Å²) in [5.41, 5.74) is -0.632. The van der Waals surface area contributed by atoms with Gasteiger partial charge in [0.05, 0.1) is 10.4 Å².